The topological polar surface area (TPSA) is 47.9 Å². The monoisotopic (exact) mass is 609 g/mol. The fourth-order valence-electron chi connectivity index (χ4n) is 7.71. The van der Waals surface area contributed by atoms with Gasteiger partial charge in [0.2, 0.25) is 0 Å². The lowest BCUT2D eigenvalue weighted by Gasteiger charge is -2.54. The normalized spacial score (nSPS) is 27.4. The van der Waals surface area contributed by atoms with Crippen LogP contribution in [0.4, 0.5) is 0 Å². The van der Waals surface area contributed by atoms with Crippen molar-refractivity contribution in [3.05, 3.63) is 11.6 Å². The maximum absolute atomic E-state index is 10.8. The highest BCUT2D eigenvalue weighted by Crippen LogP contribution is 2.49. The van der Waals surface area contributed by atoms with E-state index in [0.717, 1.165) is 12.3 Å². The first-order valence-corrected chi connectivity index (χ1v) is 17.0. The molecule has 0 spiro atoms. The van der Waals surface area contributed by atoms with Crippen LogP contribution in [0.25, 0.3) is 0 Å². The van der Waals surface area contributed by atoms with E-state index >= 15 is 0 Å². The predicted molar refractivity (Wildman–Crippen MR) is 186 cm³/mol. The molecule has 4 heteroatoms. The van der Waals surface area contributed by atoms with Crippen molar-refractivity contribution < 1.29 is 19.3 Å². The van der Waals surface area contributed by atoms with Gasteiger partial charge in [0.1, 0.15) is 0 Å². The van der Waals surface area contributed by atoms with Crippen molar-refractivity contribution in [2.75, 3.05) is 0 Å². The van der Waals surface area contributed by atoms with Crippen LogP contribution < -0.4 is 0 Å². The van der Waals surface area contributed by atoms with E-state index in [1.165, 1.54) is 18.4 Å². The molecule has 0 radical (unpaired) electrons. The smallest absolute Gasteiger partial charge is 0.0816 e. The van der Waals surface area contributed by atoms with Gasteiger partial charge in [-0.2, -0.15) is 0 Å². The molecule has 3 rings (SSSR count). The van der Waals surface area contributed by atoms with Gasteiger partial charge in [-0.3, -0.25) is 0 Å². The Kier molecular flexibility index (Phi) is 11.6. The summed E-state index contributed by atoms with van der Waals surface area (Å²) in [4.78, 5) is 0. The van der Waals surface area contributed by atoms with E-state index in [9.17, 15) is 5.11 Å². The molecule has 0 aromatic rings. The van der Waals surface area contributed by atoms with Crippen LogP contribution in [0.2, 0.25) is 0 Å². The number of rotatable bonds is 0. The molecule has 1 N–H and O–H groups in total. The minimum Gasteiger partial charge on any atom is -0.389 e. The summed E-state index contributed by atoms with van der Waals surface area (Å²) in [6.45, 7) is 45.9. The van der Waals surface area contributed by atoms with Crippen LogP contribution >= 0.6 is 0 Å². The molecule has 4 nitrogen and oxygen atoms in total. The Balaban J connectivity index is 0.000000323. The van der Waals surface area contributed by atoms with Crippen LogP contribution in [-0.2, 0) is 14.2 Å². The van der Waals surface area contributed by atoms with Crippen molar-refractivity contribution in [3.63, 3.8) is 0 Å². The van der Waals surface area contributed by atoms with Gasteiger partial charge >= 0.3 is 0 Å². The summed E-state index contributed by atoms with van der Waals surface area (Å²) < 4.78 is 18.1. The zero-order chi connectivity index (χ0) is 34.5. The number of hydrogen-bond donors (Lipinski definition) is 1. The van der Waals surface area contributed by atoms with Crippen molar-refractivity contribution in [2.24, 2.45) is 22.2 Å². The Hall–Kier alpha value is -0.420. The van der Waals surface area contributed by atoms with Gasteiger partial charge in [0.15, 0.2) is 0 Å². The van der Waals surface area contributed by atoms with Crippen LogP contribution in [0.1, 0.15) is 178 Å². The SMILES string of the molecule is CC1(C)C=C(C(C)(C)C)CC(C)(C)O1.CC1(C)CC(C(C)(C)C)CC(C)(C)O1.CC1(C)CC(O)(C(C)(C)C)CC(C)(C)O1. The lowest BCUT2D eigenvalue weighted by molar-refractivity contribution is -0.245. The summed E-state index contributed by atoms with van der Waals surface area (Å²) in [5.41, 5.74) is 0.872. The van der Waals surface area contributed by atoms with E-state index in [1.807, 2.05) is 0 Å². The van der Waals surface area contributed by atoms with Crippen molar-refractivity contribution >= 4 is 0 Å². The molecular weight excluding hydrogens is 532 g/mol. The summed E-state index contributed by atoms with van der Waals surface area (Å²) in [6, 6.07) is 0. The third-order valence-electron chi connectivity index (χ3n) is 9.28. The summed E-state index contributed by atoms with van der Waals surface area (Å²) in [6.07, 6.45) is 7.10. The van der Waals surface area contributed by atoms with E-state index in [2.05, 4.69) is 151 Å². The first kappa shape index (κ1) is 40.6. The third kappa shape index (κ3) is 13.1. The van der Waals surface area contributed by atoms with E-state index in [0.29, 0.717) is 18.3 Å². The molecule has 3 heterocycles. The minimum atomic E-state index is -0.641. The summed E-state index contributed by atoms with van der Waals surface area (Å²) in [7, 11) is 0. The van der Waals surface area contributed by atoms with Crippen LogP contribution in [0, 0.1) is 22.2 Å². The quantitative estimate of drug-likeness (QED) is 0.278. The van der Waals surface area contributed by atoms with Crippen molar-refractivity contribution in [1.29, 1.82) is 0 Å². The second-order valence-corrected chi connectivity index (χ2v) is 20.9. The lowest BCUT2D eigenvalue weighted by atomic mass is 9.65. The van der Waals surface area contributed by atoms with Gasteiger partial charge in [0.05, 0.1) is 39.2 Å². The second-order valence-electron chi connectivity index (χ2n) is 20.9. The van der Waals surface area contributed by atoms with Crippen LogP contribution in [0.5, 0.6) is 0 Å². The van der Waals surface area contributed by atoms with E-state index in [-0.39, 0.29) is 44.4 Å². The summed E-state index contributed by atoms with van der Waals surface area (Å²) >= 11 is 0. The molecule has 2 saturated heterocycles. The van der Waals surface area contributed by atoms with Crippen LogP contribution in [-0.4, -0.2) is 44.3 Å². The average Bonchev–Trinajstić information content (AvgIpc) is 2.58. The van der Waals surface area contributed by atoms with Crippen molar-refractivity contribution in [3.8, 4) is 0 Å². The van der Waals surface area contributed by atoms with E-state index in [1.54, 1.807) is 0 Å². The first-order valence-electron chi connectivity index (χ1n) is 17.0. The number of aliphatic hydroxyl groups is 1. The largest absolute Gasteiger partial charge is 0.389 e. The van der Waals surface area contributed by atoms with Gasteiger partial charge in [0, 0.05) is 12.8 Å². The standard InChI is InChI=1S/C13H26O2.C13H26O.C13H24O/c1-10(2,3)13(14)8-11(4,5)15-12(6,7)9-13;2*1-11(2,3)10-8-12(4,5)14-13(6,7)9-10/h14H,8-9H2,1-7H3;10H,8-9H2,1-7H3;8H,9H2,1-7H3. The molecule has 0 amide bonds. The Morgan fingerprint density at radius 1 is 0.581 bits per heavy atom. The number of ether oxygens (including phenoxy) is 3. The van der Waals surface area contributed by atoms with Gasteiger partial charge in [-0.1, -0.05) is 74.0 Å². The summed E-state index contributed by atoms with van der Waals surface area (Å²) in [5.74, 6) is 0.765. The van der Waals surface area contributed by atoms with Gasteiger partial charge < -0.3 is 19.3 Å². The van der Waals surface area contributed by atoms with Gasteiger partial charge in [-0.15, -0.1) is 0 Å². The predicted octanol–water partition coefficient (Wildman–Crippen LogP) is 11.1. The molecular formula is C39H76O4. The van der Waals surface area contributed by atoms with E-state index in [4.69, 9.17) is 14.2 Å². The molecule has 0 atom stereocenters. The molecule has 3 aliphatic rings. The highest BCUT2D eigenvalue weighted by Gasteiger charge is 2.52. The Labute approximate surface area is 269 Å². The molecule has 0 aliphatic carbocycles. The van der Waals surface area contributed by atoms with E-state index < -0.39 is 5.60 Å². The molecule has 0 aromatic heterocycles. The molecule has 256 valence electrons. The molecule has 0 unspecified atom stereocenters. The zero-order valence-corrected chi connectivity index (χ0v) is 32.9. The van der Waals surface area contributed by atoms with Gasteiger partial charge in [-0.25, -0.2) is 0 Å². The highest BCUT2D eigenvalue weighted by atomic mass is 16.5. The van der Waals surface area contributed by atoms with Crippen LogP contribution in [0.15, 0.2) is 11.6 Å². The molecule has 0 saturated carbocycles. The lowest BCUT2D eigenvalue weighted by Crippen LogP contribution is -2.59. The Morgan fingerprint density at radius 3 is 1.26 bits per heavy atom. The first-order chi connectivity index (χ1) is 18.4. The third-order valence-corrected chi connectivity index (χ3v) is 9.28. The average molecular weight is 609 g/mol. The fraction of sp³-hybridized carbons (Fsp3) is 0.949. The van der Waals surface area contributed by atoms with Gasteiger partial charge in [-0.05, 0) is 125 Å². The maximum Gasteiger partial charge on any atom is 0.0816 e. The maximum atomic E-state index is 10.8. The highest BCUT2D eigenvalue weighted by molar-refractivity contribution is 5.21. The molecule has 3 aliphatic heterocycles. The van der Waals surface area contributed by atoms with Gasteiger partial charge in [0.25, 0.3) is 0 Å². The molecule has 2 fully saturated rings. The second kappa shape index (κ2) is 12.3. The Morgan fingerprint density at radius 2 is 0.953 bits per heavy atom. The van der Waals surface area contributed by atoms with Crippen LogP contribution in [0.3, 0.4) is 0 Å². The zero-order valence-electron chi connectivity index (χ0n) is 32.9. The fourth-order valence-corrected chi connectivity index (χ4v) is 7.71. The molecule has 43 heavy (non-hydrogen) atoms. The molecule has 0 bridgehead atoms. The van der Waals surface area contributed by atoms with Crippen molar-refractivity contribution in [2.45, 2.75) is 217 Å². The summed E-state index contributed by atoms with van der Waals surface area (Å²) in [5, 5.41) is 10.8. The Bertz CT molecular complexity index is 923. The minimum absolute atomic E-state index is 0.0269. The number of hydrogen-bond acceptors (Lipinski definition) is 4. The van der Waals surface area contributed by atoms with Crippen molar-refractivity contribution in [1.82, 2.24) is 0 Å². The molecule has 0 aromatic carbocycles.